The number of nitrogens with one attached hydrogen (secondary N) is 1. The third-order valence-electron chi connectivity index (χ3n) is 5.30. The first-order valence-corrected chi connectivity index (χ1v) is 8.82. The van der Waals surface area contributed by atoms with Crippen LogP contribution in [0.5, 0.6) is 0 Å². The highest BCUT2D eigenvalue weighted by atomic mass is 16.5. The zero-order chi connectivity index (χ0) is 18.7. The molecule has 140 valence electrons. The molecule has 0 bridgehead atoms. The number of carbonyl (C=O) groups is 1. The maximum absolute atomic E-state index is 12.9. The number of aliphatic hydroxyl groups excluding tert-OH is 1. The summed E-state index contributed by atoms with van der Waals surface area (Å²) in [4.78, 5) is 15.0. The number of benzene rings is 1. The van der Waals surface area contributed by atoms with E-state index in [1.165, 1.54) is 0 Å². The van der Waals surface area contributed by atoms with Gasteiger partial charge in [-0.25, -0.2) is 0 Å². The fourth-order valence-corrected chi connectivity index (χ4v) is 3.39. The van der Waals surface area contributed by atoms with Crippen LogP contribution in [0.2, 0.25) is 0 Å². The summed E-state index contributed by atoms with van der Waals surface area (Å²) in [6, 6.07) is 9.84. The van der Waals surface area contributed by atoms with E-state index in [2.05, 4.69) is 10.2 Å². The molecule has 1 aromatic heterocycles. The number of hydrogen-bond donors (Lipinski definition) is 2. The molecule has 1 aromatic carbocycles. The summed E-state index contributed by atoms with van der Waals surface area (Å²) in [6.07, 6.45) is 1.61. The van der Waals surface area contributed by atoms with Crippen LogP contribution >= 0.6 is 0 Å². The summed E-state index contributed by atoms with van der Waals surface area (Å²) in [6.45, 7) is 5.01. The van der Waals surface area contributed by atoms with Gasteiger partial charge in [-0.15, -0.1) is 0 Å². The normalized spacial score (nSPS) is 23.8. The molecule has 0 aliphatic carbocycles. The van der Waals surface area contributed by atoms with Crippen LogP contribution in [0.3, 0.4) is 0 Å². The van der Waals surface area contributed by atoms with Gasteiger partial charge in [-0.1, -0.05) is 30.3 Å². The molecule has 1 amide bonds. The van der Waals surface area contributed by atoms with Crippen molar-refractivity contribution in [1.82, 2.24) is 10.2 Å². The lowest BCUT2D eigenvalue weighted by molar-refractivity contribution is -0.105. The molecule has 2 aromatic rings. The van der Waals surface area contributed by atoms with Crippen molar-refractivity contribution in [3.63, 3.8) is 0 Å². The number of aryl methyl sites for hydroxylation is 1. The summed E-state index contributed by atoms with van der Waals surface area (Å²) < 4.78 is 11.1. The van der Waals surface area contributed by atoms with Crippen molar-refractivity contribution < 1.29 is 19.1 Å². The summed E-state index contributed by atoms with van der Waals surface area (Å²) in [5, 5.41) is 12.9. The van der Waals surface area contributed by atoms with Gasteiger partial charge >= 0.3 is 0 Å². The molecule has 1 saturated heterocycles. The van der Waals surface area contributed by atoms with Crippen molar-refractivity contribution in [2.45, 2.75) is 25.4 Å². The first-order chi connectivity index (χ1) is 12.5. The molecular weight excluding hydrogens is 332 g/mol. The van der Waals surface area contributed by atoms with Crippen LogP contribution in [0.1, 0.15) is 23.0 Å². The molecule has 2 heterocycles. The van der Waals surface area contributed by atoms with E-state index >= 15 is 0 Å². The zero-order valence-electron chi connectivity index (χ0n) is 15.5. The molecule has 3 rings (SSSR count). The standard InChI is InChI=1S/C20H26N2O4/c1-14-9-25-13-20(12-23,22(14)3)11-21-19(24)18-15(2)26-10-17(18)16-7-5-4-6-8-16/h4-8,10,14,23H,9,11-13H2,1-3H3,(H,21,24)/t14-,20+/m1/s1. The second-order valence-corrected chi connectivity index (χ2v) is 6.99. The van der Waals surface area contributed by atoms with Crippen LogP contribution in [0, 0.1) is 6.92 Å². The predicted molar refractivity (Wildman–Crippen MR) is 99.1 cm³/mol. The van der Waals surface area contributed by atoms with Gasteiger partial charge in [0, 0.05) is 18.2 Å². The van der Waals surface area contributed by atoms with E-state index in [0.29, 0.717) is 31.1 Å². The van der Waals surface area contributed by atoms with E-state index in [0.717, 1.165) is 11.1 Å². The van der Waals surface area contributed by atoms with Crippen LogP contribution in [0.25, 0.3) is 11.1 Å². The van der Waals surface area contributed by atoms with Crippen molar-refractivity contribution in [2.75, 3.05) is 33.4 Å². The van der Waals surface area contributed by atoms with Gasteiger partial charge in [0.2, 0.25) is 0 Å². The Bertz CT molecular complexity index is 758. The number of furan rings is 1. The van der Waals surface area contributed by atoms with E-state index < -0.39 is 5.54 Å². The van der Waals surface area contributed by atoms with E-state index in [9.17, 15) is 9.90 Å². The topological polar surface area (TPSA) is 74.9 Å². The van der Waals surface area contributed by atoms with Crippen LogP contribution in [0.15, 0.2) is 41.0 Å². The van der Waals surface area contributed by atoms with Gasteiger partial charge in [-0.2, -0.15) is 0 Å². The van der Waals surface area contributed by atoms with Gasteiger partial charge in [0.1, 0.15) is 5.76 Å². The number of likely N-dealkylation sites (N-methyl/N-ethyl adjacent to an activating group) is 1. The number of morpholine rings is 1. The van der Waals surface area contributed by atoms with Crippen LogP contribution in [-0.4, -0.2) is 60.9 Å². The molecule has 6 nitrogen and oxygen atoms in total. The minimum atomic E-state index is -0.627. The average Bonchev–Trinajstić information content (AvgIpc) is 3.05. The van der Waals surface area contributed by atoms with E-state index in [1.807, 2.05) is 44.3 Å². The summed E-state index contributed by atoms with van der Waals surface area (Å²) in [5.74, 6) is 0.357. The monoisotopic (exact) mass is 358 g/mol. The predicted octanol–water partition coefficient (Wildman–Crippen LogP) is 2.07. The summed E-state index contributed by atoms with van der Waals surface area (Å²) in [5.41, 5.74) is 1.59. The lowest BCUT2D eigenvalue weighted by Gasteiger charge is -2.47. The number of carbonyl (C=O) groups excluding carboxylic acids is 1. The molecule has 1 aliphatic rings. The number of hydrogen-bond acceptors (Lipinski definition) is 5. The minimum absolute atomic E-state index is 0.0932. The first kappa shape index (κ1) is 18.6. The Hall–Kier alpha value is -2.15. The minimum Gasteiger partial charge on any atom is -0.468 e. The maximum atomic E-state index is 12.9. The summed E-state index contributed by atoms with van der Waals surface area (Å²) >= 11 is 0. The third kappa shape index (κ3) is 3.40. The second kappa shape index (κ2) is 7.61. The van der Waals surface area contributed by atoms with Gasteiger partial charge in [0.05, 0.1) is 37.2 Å². The van der Waals surface area contributed by atoms with Crippen molar-refractivity contribution in [1.29, 1.82) is 0 Å². The van der Waals surface area contributed by atoms with Gasteiger partial charge in [0.25, 0.3) is 5.91 Å². The van der Waals surface area contributed by atoms with Crippen LogP contribution in [-0.2, 0) is 4.74 Å². The van der Waals surface area contributed by atoms with Gasteiger partial charge in [0.15, 0.2) is 0 Å². The lowest BCUT2D eigenvalue weighted by Crippen LogP contribution is -2.65. The molecule has 0 radical (unpaired) electrons. The fraction of sp³-hybridized carbons (Fsp3) is 0.450. The molecule has 2 N–H and O–H groups in total. The Kier molecular flexibility index (Phi) is 5.46. The van der Waals surface area contributed by atoms with Crippen molar-refractivity contribution in [3.05, 3.63) is 47.9 Å². The molecule has 2 atom stereocenters. The number of aliphatic hydroxyl groups is 1. The van der Waals surface area contributed by atoms with Crippen molar-refractivity contribution >= 4 is 5.91 Å². The fourth-order valence-electron chi connectivity index (χ4n) is 3.39. The molecule has 0 saturated carbocycles. The number of nitrogens with zero attached hydrogens (tertiary/aromatic N) is 1. The van der Waals surface area contributed by atoms with Gasteiger partial charge < -0.3 is 19.6 Å². The Labute approximate surface area is 153 Å². The van der Waals surface area contributed by atoms with Crippen molar-refractivity contribution in [3.8, 4) is 11.1 Å². The molecule has 0 unspecified atom stereocenters. The smallest absolute Gasteiger partial charge is 0.255 e. The highest BCUT2D eigenvalue weighted by molar-refractivity contribution is 6.01. The third-order valence-corrected chi connectivity index (χ3v) is 5.30. The average molecular weight is 358 g/mol. The summed E-state index contributed by atoms with van der Waals surface area (Å²) in [7, 11) is 1.95. The molecular formula is C20H26N2O4. The van der Waals surface area contributed by atoms with Crippen LogP contribution < -0.4 is 5.32 Å². The molecule has 26 heavy (non-hydrogen) atoms. The molecule has 1 fully saturated rings. The molecule has 6 heteroatoms. The highest BCUT2D eigenvalue weighted by Gasteiger charge is 2.40. The van der Waals surface area contributed by atoms with Gasteiger partial charge in [-0.05, 0) is 26.5 Å². The van der Waals surface area contributed by atoms with E-state index in [-0.39, 0.29) is 18.6 Å². The Morgan fingerprint density at radius 3 is 2.81 bits per heavy atom. The Balaban J connectivity index is 1.80. The lowest BCUT2D eigenvalue weighted by atomic mass is 9.95. The number of rotatable bonds is 5. The van der Waals surface area contributed by atoms with Crippen LogP contribution in [0.4, 0.5) is 0 Å². The van der Waals surface area contributed by atoms with E-state index in [4.69, 9.17) is 9.15 Å². The Morgan fingerprint density at radius 1 is 1.38 bits per heavy atom. The molecule has 1 aliphatic heterocycles. The number of ether oxygens (including phenoxy) is 1. The number of amides is 1. The van der Waals surface area contributed by atoms with Crippen molar-refractivity contribution in [2.24, 2.45) is 0 Å². The second-order valence-electron chi connectivity index (χ2n) is 6.99. The quantitative estimate of drug-likeness (QED) is 0.856. The largest absolute Gasteiger partial charge is 0.468 e. The maximum Gasteiger partial charge on any atom is 0.255 e. The first-order valence-electron chi connectivity index (χ1n) is 8.82. The zero-order valence-corrected chi connectivity index (χ0v) is 15.5. The van der Waals surface area contributed by atoms with Gasteiger partial charge in [-0.3, -0.25) is 9.69 Å². The highest BCUT2D eigenvalue weighted by Crippen LogP contribution is 2.28. The van der Waals surface area contributed by atoms with E-state index in [1.54, 1.807) is 13.2 Å². The molecule has 0 spiro atoms. The Morgan fingerprint density at radius 2 is 2.12 bits per heavy atom. The SMILES string of the molecule is Cc1occ(-c2ccccc2)c1C(=O)NC[C@]1(CO)COC[C@@H](C)N1C.